The molecule has 1 saturated heterocycles. The summed E-state index contributed by atoms with van der Waals surface area (Å²) in [6.45, 7) is 2.88. The molecule has 1 fully saturated rings. The number of likely N-dealkylation sites (tertiary alicyclic amines) is 1. The first-order valence-electron chi connectivity index (χ1n) is 9.65. The van der Waals surface area contributed by atoms with Crippen LogP contribution in [0.3, 0.4) is 0 Å². The van der Waals surface area contributed by atoms with Gasteiger partial charge < -0.3 is 15.0 Å². The first-order valence-corrected chi connectivity index (χ1v) is 9.65. The number of aromatic nitrogens is 1. The first kappa shape index (κ1) is 19.9. The molecule has 1 aromatic heterocycles. The molecule has 2 heterocycles. The van der Waals surface area contributed by atoms with E-state index in [0.717, 1.165) is 36.4 Å². The molecule has 1 aliphatic rings. The Morgan fingerprint density at radius 1 is 1.29 bits per heavy atom. The number of pyridine rings is 1. The Balaban J connectivity index is 1.70. The zero-order valence-corrected chi connectivity index (χ0v) is 16.4. The quantitative estimate of drug-likeness (QED) is 0.835. The third kappa shape index (κ3) is 5.09. The highest BCUT2D eigenvalue weighted by molar-refractivity contribution is 5.79. The standard InChI is InChI=1S/C22H27N3O3/c1-16(26)24-22(20-10-3-4-11-23-20)18-8-6-12-25(15-18)21(27)14-17-7-5-9-19(13-17)28-2/h3-5,7,9-11,13,18,22H,6,8,12,14-15H2,1-2H3,(H,24,26)/t18-,22-/m0/s1. The van der Waals surface area contributed by atoms with Gasteiger partial charge in [0.1, 0.15) is 5.75 Å². The minimum Gasteiger partial charge on any atom is -0.497 e. The molecule has 3 rings (SSSR count). The lowest BCUT2D eigenvalue weighted by atomic mass is 9.88. The van der Waals surface area contributed by atoms with Crippen LogP contribution in [-0.2, 0) is 16.0 Å². The molecule has 0 radical (unpaired) electrons. The number of piperidine rings is 1. The van der Waals surface area contributed by atoms with Crippen LogP contribution in [0.15, 0.2) is 48.7 Å². The molecule has 0 aliphatic carbocycles. The van der Waals surface area contributed by atoms with E-state index < -0.39 is 0 Å². The molecular weight excluding hydrogens is 354 g/mol. The fourth-order valence-corrected chi connectivity index (χ4v) is 3.79. The Bertz CT molecular complexity index is 810. The lowest BCUT2D eigenvalue weighted by Crippen LogP contribution is -2.45. The van der Waals surface area contributed by atoms with Crippen LogP contribution in [0.1, 0.15) is 37.1 Å². The number of nitrogens with zero attached hydrogens (tertiary/aromatic N) is 2. The van der Waals surface area contributed by atoms with E-state index in [0.29, 0.717) is 13.0 Å². The minimum atomic E-state index is -0.189. The summed E-state index contributed by atoms with van der Waals surface area (Å²) in [6, 6.07) is 13.1. The van der Waals surface area contributed by atoms with Crippen molar-refractivity contribution in [3.8, 4) is 5.75 Å². The zero-order valence-electron chi connectivity index (χ0n) is 16.4. The maximum absolute atomic E-state index is 12.9. The van der Waals surface area contributed by atoms with Crippen molar-refractivity contribution in [2.75, 3.05) is 20.2 Å². The maximum atomic E-state index is 12.9. The second-order valence-corrected chi connectivity index (χ2v) is 7.20. The highest BCUT2D eigenvalue weighted by Gasteiger charge is 2.31. The van der Waals surface area contributed by atoms with Gasteiger partial charge in [-0.25, -0.2) is 0 Å². The molecule has 148 valence electrons. The normalized spacial score (nSPS) is 17.6. The fourth-order valence-electron chi connectivity index (χ4n) is 3.79. The van der Waals surface area contributed by atoms with Crippen molar-refractivity contribution in [3.05, 3.63) is 59.9 Å². The van der Waals surface area contributed by atoms with Gasteiger partial charge in [0, 0.05) is 32.1 Å². The zero-order chi connectivity index (χ0) is 19.9. The van der Waals surface area contributed by atoms with Gasteiger partial charge in [-0.3, -0.25) is 14.6 Å². The van der Waals surface area contributed by atoms with Crippen molar-refractivity contribution >= 4 is 11.8 Å². The minimum absolute atomic E-state index is 0.0875. The van der Waals surface area contributed by atoms with E-state index in [1.165, 1.54) is 6.92 Å². The van der Waals surface area contributed by atoms with E-state index in [4.69, 9.17) is 4.74 Å². The highest BCUT2D eigenvalue weighted by atomic mass is 16.5. The molecule has 6 heteroatoms. The summed E-state index contributed by atoms with van der Waals surface area (Å²) < 4.78 is 5.24. The second kappa shape index (κ2) is 9.35. The number of benzene rings is 1. The predicted octanol–water partition coefficient (Wildman–Crippen LogP) is 2.75. The van der Waals surface area contributed by atoms with Crippen LogP contribution < -0.4 is 10.1 Å². The molecule has 0 saturated carbocycles. The van der Waals surface area contributed by atoms with Crippen LogP contribution in [0.25, 0.3) is 0 Å². The fraction of sp³-hybridized carbons (Fsp3) is 0.409. The number of rotatable bonds is 6. The van der Waals surface area contributed by atoms with Crippen LogP contribution in [0.2, 0.25) is 0 Å². The van der Waals surface area contributed by atoms with Crippen LogP contribution in [0.4, 0.5) is 0 Å². The monoisotopic (exact) mass is 381 g/mol. The largest absolute Gasteiger partial charge is 0.497 e. The van der Waals surface area contributed by atoms with Crippen LogP contribution in [0, 0.1) is 5.92 Å². The Labute approximate surface area is 165 Å². The summed E-state index contributed by atoms with van der Waals surface area (Å²) in [5, 5.41) is 3.03. The van der Waals surface area contributed by atoms with Gasteiger partial charge in [0.25, 0.3) is 0 Å². The number of amides is 2. The molecule has 2 atom stereocenters. The lowest BCUT2D eigenvalue weighted by molar-refractivity contribution is -0.132. The Kier molecular flexibility index (Phi) is 6.63. The number of hydrogen-bond donors (Lipinski definition) is 1. The third-order valence-corrected chi connectivity index (χ3v) is 5.14. The molecule has 1 aliphatic heterocycles. The first-order chi connectivity index (χ1) is 13.6. The van der Waals surface area contributed by atoms with Crippen LogP contribution >= 0.6 is 0 Å². The lowest BCUT2D eigenvalue weighted by Gasteiger charge is -2.37. The van der Waals surface area contributed by atoms with Crippen molar-refractivity contribution in [1.82, 2.24) is 15.2 Å². The average Bonchev–Trinajstić information content (AvgIpc) is 2.72. The van der Waals surface area contributed by atoms with Gasteiger partial charge in [0.05, 0.1) is 25.3 Å². The Morgan fingerprint density at radius 2 is 2.14 bits per heavy atom. The summed E-state index contributed by atoms with van der Waals surface area (Å²) in [4.78, 5) is 31.0. The molecule has 6 nitrogen and oxygen atoms in total. The van der Waals surface area contributed by atoms with E-state index in [1.807, 2.05) is 47.4 Å². The van der Waals surface area contributed by atoms with Crippen molar-refractivity contribution in [1.29, 1.82) is 0 Å². The smallest absolute Gasteiger partial charge is 0.227 e. The molecule has 0 unspecified atom stereocenters. The Morgan fingerprint density at radius 3 is 2.86 bits per heavy atom. The van der Waals surface area contributed by atoms with Crippen molar-refractivity contribution < 1.29 is 14.3 Å². The highest BCUT2D eigenvalue weighted by Crippen LogP contribution is 2.29. The van der Waals surface area contributed by atoms with Crippen molar-refractivity contribution in [3.63, 3.8) is 0 Å². The summed E-state index contributed by atoms with van der Waals surface area (Å²) in [5.41, 5.74) is 1.78. The molecule has 0 bridgehead atoms. The van der Waals surface area contributed by atoms with Gasteiger partial charge in [-0.1, -0.05) is 18.2 Å². The van der Waals surface area contributed by atoms with E-state index in [1.54, 1.807) is 13.3 Å². The number of hydrogen-bond acceptors (Lipinski definition) is 4. The molecular formula is C22H27N3O3. The maximum Gasteiger partial charge on any atom is 0.227 e. The van der Waals surface area contributed by atoms with E-state index >= 15 is 0 Å². The number of nitrogens with one attached hydrogen (secondary N) is 1. The van der Waals surface area contributed by atoms with E-state index in [2.05, 4.69) is 10.3 Å². The van der Waals surface area contributed by atoms with E-state index in [-0.39, 0.29) is 23.8 Å². The van der Waals surface area contributed by atoms with Crippen LogP contribution in [-0.4, -0.2) is 41.9 Å². The van der Waals surface area contributed by atoms with Gasteiger partial charge in [0.15, 0.2) is 0 Å². The molecule has 2 aromatic rings. The van der Waals surface area contributed by atoms with Crippen molar-refractivity contribution in [2.24, 2.45) is 5.92 Å². The summed E-state index contributed by atoms with van der Waals surface area (Å²) in [5.74, 6) is 0.903. The summed E-state index contributed by atoms with van der Waals surface area (Å²) in [7, 11) is 1.62. The number of carbonyl (C=O) groups excluding carboxylic acids is 2. The van der Waals surface area contributed by atoms with Gasteiger partial charge in [-0.15, -0.1) is 0 Å². The topological polar surface area (TPSA) is 71.5 Å². The summed E-state index contributed by atoms with van der Waals surface area (Å²) >= 11 is 0. The van der Waals surface area contributed by atoms with E-state index in [9.17, 15) is 9.59 Å². The SMILES string of the molecule is COc1cccc(CC(=O)N2CCC[C@H]([C@H](NC(C)=O)c3ccccn3)C2)c1. The number of ether oxygens (including phenoxy) is 1. The average molecular weight is 381 g/mol. The molecule has 0 spiro atoms. The van der Waals surface area contributed by atoms with Gasteiger partial charge >= 0.3 is 0 Å². The summed E-state index contributed by atoms with van der Waals surface area (Å²) in [6.07, 6.45) is 3.94. The van der Waals surface area contributed by atoms with Crippen molar-refractivity contribution in [2.45, 2.75) is 32.2 Å². The van der Waals surface area contributed by atoms with Crippen LogP contribution in [0.5, 0.6) is 5.75 Å². The molecule has 2 amide bonds. The third-order valence-electron chi connectivity index (χ3n) is 5.14. The van der Waals surface area contributed by atoms with Gasteiger partial charge in [0.2, 0.25) is 11.8 Å². The van der Waals surface area contributed by atoms with Gasteiger partial charge in [-0.05, 0) is 42.7 Å². The second-order valence-electron chi connectivity index (χ2n) is 7.20. The Hall–Kier alpha value is -2.89. The molecule has 1 aromatic carbocycles. The molecule has 28 heavy (non-hydrogen) atoms. The number of methoxy groups -OCH3 is 1. The van der Waals surface area contributed by atoms with Gasteiger partial charge in [-0.2, -0.15) is 0 Å². The predicted molar refractivity (Wildman–Crippen MR) is 107 cm³/mol. The molecule has 1 N–H and O–H groups in total. The number of carbonyl (C=O) groups is 2.